The van der Waals surface area contributed by atoms with E-state index in [1.807, 2.05) is 30.3 Å². The molecule has 3 rings (SSSR count). The van der Waals surface area contributed by atoms with Crippen molar-refractivity contribution in [3.63, 3.8) is 0 Å². The number of benzene rings is 2. The number of aromatic nitrogens is 2. The van der Waals surface area contributed by atoms with Crippen LogP contribution in [-0.2, 0) is 5.41 Å². The zero-order chi connectivity index (χ0) is 17.9. The predicted octanol–water partition coefficient (Wildman–Crippen LogP) is 5.19. The highest BCUT2D eigenvalue weighted by atomic mass is 16.5. The van der Waals surface area contributed by atoms with Crippen LogP contribution < -0.4 is 10.1 Å². The molecule has 0 atom stereocenters. The van der Waals surface area contributed by atoms with Crippen molar-refractivity contribution in [2.75, 3.05) is 12.4 Å². The summed E-state index contributed by atoms with van der Waals surface area (Å²) < 4.78 is 5.25. The molecule has 4 heteroatoms. The first-order valence-electron chi connectivity index (χ1n) is 8.30. The van der Waals surface area contributed by atoms with Crippen molar-refractivity contribution in [2.45, 2.75) is 26.2 Å². The molecule has 0 unspecified atom stereocenters. The number of nitrogens with one attached hydrogen (secondary N) is 1. The third-order valence-corrected chi connectivity index (χ3v) is 4.06. The summed E-state index contributed by atoms with van der Waals surface area (Å²) in [4.78, 5) is 8.71. The fourth-order valence-corrected chi connectivity index (χ4v) is 2.57. The minimum absolute atomic E-state index is 0.142. The molecule has 0 saturated carbocycles. The van der Waals surface area contributed by atoms with Crippen LogP contribution in [0.3, 0.4) is 0 Å². The van der Waals surface area contributed by atoms with Crippen LogP contribution in [0.15, 0.2) is 60.9 Å². The third kappa shape index (κ3) is 4.15. The number of rotatable bonds is 4. The first-order valence-corrected chi connectivity index (χ1v) is 8.30. The van der Waals surface area contributed by atoms with E-state index in [4.69, 9.17) is 4.74 Å². The predicted molar refractivity (Wildman–Crippen MR) is 102 cm³/mol. The van der Waals surface area contributed by atoms with E-state index in [2.05, 4.69) is 60.3 Å². The van der Waals surface area contributed by atoms with Gasteiger partial charge in [-0.3, -0.25) is 0 Å². The van der Waals surface area contributed by atoms with Gasteiger partial charge in [-0.05, 0) is 23.1 Å². The van der Waals surface area contributed by atoms with Gasteiger partial charge in [0.15, 0.2) is 0 Å². The lowest BCUT2D eigenvalue weighted by Crippen LogP contribution is -2.10. The standard InChI is InChI=1S/C21H23N3O/c1-21(2,3)16-10-8-15(9-11-16)19-13-20(23-14-22-19)24-17-6-5-7-18(12-17)25-4/h5-14H,1-4H3,(H,22,23,24). The van der Waals surface area contributed by atoms with E-state index in [9.17, 15) is 0 Å². The molecule has 128 valence electrons. The van der Waals surface area contributed by atoms with E-state index in [0.29, 0.717) is 0 Å². The molecule has 25 heavy (non-hydrogen) atoms. The second kappa shape index (κ2) is 6.93. The van der Waals surface area contributed by atoms with Gasteiger partial charge >= 0.3 is 0 Å². The van der Waals surface area contributed by atoms with Crippen LogP contribution in [0.2, 0.25) is 0 Å². The van der Waals surface area contributed by atoms with Gasteiger partial charge in [0.25, 0.3) is 0 Å². The van der Waals surface area contributed by atoms with E-state index < -0.39 is 0 Å². The zero-order valence-corrected chi connectivity index (χ0v) is 15.1. The van der Waals surface area contributed by atoms with Crippen molar-refractivity contribution in [3.05, 3.63) is 66.5 Å². The normalized spacial score (nSPS) is 11.2. The van der Waals surface area contributed by atoms with E-state index in [1.54, 1.807) is 13.4 Å². The number of methoxy groups -OCH3 is 1. The van der Waals surface area contributed by atoms with Gasteiger partial charge in [-0.25, -0.2) is 9.97 Å². The van der Waals surface area contributed by atoms with Crippen molar-refractivity contribution in [1.29, 1.82) is 0 Å². The van der Waals surface area contributed by atoms with E-state index in [-0.39, 0.29) is 5.41 Å². The van der Waals surface area contributed by atoms with Gasteiger partial charge in [-0.2, -0.15) is 0 Å². The van der Waals surface area contributed by atoms with Crippen LogP contribution in [0.4, 0.5) is 11.5 Å². The van der Waals surface area contributed by atoms with Gasteiger partial charge in [0.1, 0.15) is 17.9 Å². The Balaban J connectivity index is 1.83. The Morgan fingerprint density at radius 2 is 1.68 bits per heavy atom. The Morgan fingerprint density at radius 3 is 2.36 bits per heavy atom. The summed E-state index contributed by atoms with van der Waals surface area (Å²) in [6.45, 7) is 6.63. The fraction of sp³-hybridized carbons (Fsp3) is 0.238. The summed E-state index contributed by atoms with van der Waals surface area (Å²) >= 11 is 0. The topological polar surface area (TPSA) is 47.0 Å². The van der Waals surface area contributed by atoms with Gasteiger partial charge in [0.2, 0.25) is 0 Å². The van der Waals surface area contributed by atoms with Crippen molar-refractivity contribution in [3.8, 4) is 17.0 Å². The highest BCUT2D eigenvalue weighted by Crippen LogP contribution is 2.27. The van der Waals surface area contributed by atoms with Gasteiger partial charge in [0, 0.05) is 23.4 Å². The number of nitrogens with zero attached hydrogens (tertiary/aromatic N) is 2. The average Bonchev–Trinajstić information content (AvgIpc) is 2.61. The minimum atomic E-state index is 0.142. The van der Waals surface area contributed by atoms with Crippen molar-refractivity contribution < 1.29 is 4.74 Å². The van der Waals surface area contributed by atoms with Crippen molar-refractivity contribution >= 4 is 11.5 Å². The molecule has 0 fully saturated rings. The third-order valence-electron chi connectivity index (χ3n) is 4.06. The Labute approximate surface area is 148 Å². The van der Waals surface area contributed by atoms with E-state index in [1.165, 1.54) is 5.56 Å². The fourth-order valence-electron chi connectivity index (χ4n) is 2.57. The van der Waals surface area contributed by atoms with Crippen LogP contribution in [0.25, 0.3) is 11.3 Å². The molecule has 3 aromatic rings. The maximum Gasteiger partial charge on any atom is 0.134 e. The maximum absolute atomic E-state index is 5.25. The van der Waals surface area contributed by atoms with Crippen LogP contribution in [0.1, 0.15) is 26.3 Å². The molecule has 0 aliphatic heterocycles. The molecular weight excluding hydrogens is 310 g/mol. The van der Waals surface area contributed by atoms with Crippen molar-refractivity contribution in [1.82, 2.24) is 9.97 Å². The number of hydrogen-bond donors (Lipinski definition) is 1. The lowest BCUT2D eigenvalue weighted by molar-refractivity contribution is 0.415. The van der Waals surface area contributed by atoms with E-state index in [0.717, 1.165) is 28.5 Å². The van der Waals surface area contributed by atoms with Crippen LogP contribution in [-0.4, -0.2) is 17.1 Å². The Morgan fingerprint density at radius 1 is 0.920 bits per heavy atom. The molecule has 0 saturated heterocycles. The Hall–Kier alpha value is -2.88. The minimum Gasteiger partial charge on any atom is -0.497 e. The van der Waals surface area contributed by atoms with Crippen LogP contribution >= 0.6 is 0 Å². The summed E-state index contributed by atoms with van der Waals surface area (Å²) in [5.74, 6) is 1.55. The molecule has 1 heterocycles. The summed E-state index contributed by atoms with van der Waals surface area (Å²) in [6, 6.07) is 18.2. The maximum atomic E-state index is 5.25. The number of ether oxygens (including phenoxy) is 1. The quantitative estimate of drug-likeness (QED) is 0.713. The largest absolute Gasteiger partial charge is 0.497 e. The molecule has 4 nitrogen and oxygen atoms in total. The highest BCUT2D eigenvalue weighted by Gasteiger charge is 2.13. The van der Waals surface area contributed by atoms with Gasteiger partial charge in [-0.1, -0.05) is 51.1 Å². The van der Waals surface area contributed by atoms with Crippen LogP contribution in [0, 0.1) is 0 Å². The lowest BCUT2D eigenvalue weighted by atomic mass is 9.86. The molecule has 0 bridgehead atoms. The summed E-state index contributed by atoms with van der Waals surface area (Å²) in [6.07, 6.45) is 1.58. The first-order chi connectivity index (χ1) is 12.0. The first kappa shape index (κ1) is 17.0. The Kier molecular flexibility index (Phi) is 4.70. The lowest BCUT2D eigenvalue weighted by Gasteiger charge is -2.19. The Bertz CT molecular complexity index is 852. The summed E-state index contributed by atoms with van der Waals surface area (Å²) in [5.41, 5.74) is 4.33. The highest BCUT2D eigenvalue weighted by molar-refractivity contribution is 5.66. The van der Waals surface area contributed by atoms with Crippen LogP contribution in [0.5, 0.6) is 5.75 Å². The number of anilines is 2. The molecule has 2 aromatic carbocycles. The van der Waals surface area contributed by atoms with Crippen molar-refractivity contribution in [2.24, 2.45) is 0 Å². The molecule has 0 spiro atoms. The number of hydrogen-bond acceptors (Lipinski definition) is 4. The average molecular weight is 333 g/mol. The SMILES string of the molecule is COc1cccc(Nc2cc(-c3ccc(C(C)(C)C)cc3)ncn2)c1. The molecule has 0 aliphatic rings. The smallest absolute Gasteiger partial charge is 0.134 e. The molecule has 0 aliphatic carbocycles. The van der Waals surface area contributed by atoms with Gasteiger partial charge in [-0.15, -0.1) is 0 Å². The van der Waals surface area contributed by atoms with Gasteiger partial charge in [0.05, 0.1) is 12.8 Å². The second-order valence-corrected chi connectivity index (χ2v) is 6.97. The summed E-state index contributed by atoms with van der Waals surface area (Å²) in [5, 5.41) is 3.29. The zero-order valence-electron chi connectivity index (χ0n) is 15.1. The molecule has 1 N–H and O–H groups in total. The monoisotopic (exact) mass is 333 g/mol. The molecule has 0 amide bonds. The second-order valence-electron chi connectivity index (χ2n) is 6.97. The van der Waals surface area contributed by atoms with Gasteiger partial charge < -0.3 is 10.1 Å². The molecular formula is C21H23N3O. The molecule has 1 aromatic heterocycles. The molecule has 0 radical (unpaired) electrons. The summed E-state index contributed by atoms with van der Waals surface area (Å²) in [7, 11) is 1.66. The van der Waals surface area contributed by atoms with E-state index >= 15 is 0 Å².